The second kappa shape index (κ2) is 3.42. The van der Waals surface area contributed by atoms with Gasteiger partial charge in [-0.15, -0.1) is 0 Å². The molecular formula is C8H11NO3. The lowest BCUT2D eigenvalue weighted by molar-refractivity contribution is -0.0425. The van der Waals surface area contributed by atoms with E-state index >= 15 is 0 Å². The van der Waals surface area contributed by atoms with Crippen LogP contribution < -0.4 is 10.5 Å². The average Bonchev–Trinajstić information content (AvgIpc) is 2.05. The van der Waals surface area contributed by atoms with Crippen molar-refractivity contribution in [2.75, 3.05) is 12.8 Å². The smallest absolute Gasteiger partial charge is 0.178 e. The molecule has 0 radical (unpaired) electrons. The molecule has 0 atom stereocenters. The van der Waals surface area contributed by atoms with Crippen molar-refractivity contribution in [2.24, 2.45) is 0 Å². The number of aliphatic hydroxyl groups excluding tert-OH is 1. The summed E-state index contributed by atoms with van der Waals surface area (Å²) >= 11 is 0. The van der Waals surface area contributed by atoms with E-state index in [2.05, 4.69) is 0 Å². The van der Waals surface area contributed by atoms with Crippen molar-refractivity contribution >= 4 is 5.69 Å². The maximum Gasteiger partial charge on any atom is 0.178 e. The molecule has 0 saturated carbocycles. The lowest BCUT2D eigenvalue weighted by atomic mass is 10.2. The molecular weight excluding hydrogens is 158 g/mol. The van der Waals surface area contributed by atoms with E-state index in [9.17, 15) is 0 Å². The summed E-state index contributed by atoms with van der Waals surface area (Å²) < 4.78 is 4.89. The molecule has 0 heterocycles. The number of aliphatic hydroxyl groups is 2. The van der Waals surface area contributed by atoms with Gasteiger partial charge in [-0.25, -0.2) is 0 Å². The highest BCUT2D eigenvalue weighted by Crippen LogP contribution is 2.24. The number of nitrogens with two attached hydrogens (primary N) is 1. The second-order valence-corrected chi connectivity index (χ2v) is 2.38. The fraction of sp³-hybridized carbons (Fsp3) is 0.250. The van der Waals surface area contributed by atoms with Gasteiger partial charge in [-0.3, -0.25) is 0 Å². The standard InChI is InChI=1S/C8H11NO3/c1-12-7-4-5(8(10)11)2-3-6(7)9/h2-4,8,10-11H,9H2,1H3. The molecule has 4 N–H and O–H groups in total. The molecule has 0 bridgehead atoms. The number of benzene rings is 1. The van der Waals surface area contributed by atoms with Crippen molar-refractivity contribution < 1.29 is 14.9 Å². The molecule has 0 aliphatic rings. The molecule has 66 valence electrons. The van der Waals surface area contributed by atoms with Gasteiger partial charge >= 0.3 is 0 Å². The largest absolute Gasteiger partial charge is 0.495 e. The first-order valence-corrected chi connectivity index (χ1v) is 3.44. The first-order chi connectivity index (χ1) is 5.65. The zero-order chi connectivity index (χ0) is 9.14. The van der Waals surface area contributed by atoms with Crippen LogP contribution in [0.1, 0.15) is 11.9 Å². The van der Waals surface area contributed by atoms with E-state index in [1.54, 1.807) is 6.07 Å². The van der Waals surface area contributed by atoms with Gasteiger partial charge in [0, 0.05) is 5.56 Å². The van der Waals surface area contributed by atoms with Gasteiger partial charge in [-0.1, -0.05) is 6.07 Å². The first kappa shape index (κ1) is 8.83. The van der Waals surface area contributed by atoms with Gasteiger partial charge in [0.2, 0.25) is 0 Å². The van der Waals surface area contributed by atoms with Gasteiger partial charge in [0.1, 0.15) is 5.75 Å². The Morgan fingerprint density at radius 2 is 2.08 bits per heavy atom. The van der Waals surface area contributed by atoms with E-state index < -0.39 is 6.29 Å². The quantitative estimate of drug-likeness (QED) is 0.438. The van der Waals surface area contributed by atoms with E-state index in [1.807, 2.05) is 0 Å². The van der Waals surface area contributed by atoms with E-state index in [-0.39, 0.29) is 0 Å². The Hall–Kier alpha value is -1.26. The third-order valence-electron chi connectivity index (χ3n) is 1.56. The van der Waals surface area contributed by atoms with Gasteiger partial charge in [0.25, 0.3) is 0 Å². The molecule has 0 amide bonds. The molecule has 12 heavy (non-hydrogen) atoms. The van der Waals surface area contributed by atoms with Crippen LogP contribution in [0, 0.1) is 0 Å². The van der Waals surface area contributed by atoms with Crippen molar-refractivity contribution in [2.45, 2.75) is 6.29 Å². The Kier molecular flexibility index (Phi) is 2.52. The summed E-state index contributed by atoms with van der Waals surface area (Å²) in [5, 5.41) is 17.6. The van der Waals surface area contributed by atoms with Crippen LogP contribution in [-0.4, -0.2) is 17.3 Å². The van der Waals surface area contributed by atoms with Crippen LogP contribution in [0.2, 0.25) is 0 Å². The van der Waals surface area contributed by atoms with E-state index in [0.29, 0.717) is 17.0 Å². The van der Waals surface area contributed by atoms with Crippen molar-refractivity contribution in [1.29, 1.82) is 0 Å². The first-order valence-electron chi connectivity index (χ1n) is 3.44. The number of nitrogen functional groups attached to an aromatic ring is 1. The minimum atomic E-state index is -1.49. The van der Waals surface area contributed by atoms with Crippen molar-refractivity contribution in [1.82, 2.24) is 0 Å². The molecule has 0 aliphatic heterocycles. The highest BCUT2D eigenvalue weighted by molar-refractivity contribution is 5.53. The van der Waals surface area contributed by atoms with Gasteiger partial charge in [0.05, 0.1) is 12.8 Å². The molecule has 0 fully saturated rings. The molecule has 4 nitrogen and oxygen atoms in total. The Morgan fingerprint density at radius 1 is 1.42 bits per heavy atom. The molecule has 0 aliphatic carbocycles. The molecule has 0 aromatic heterocycles. The zero-order valence-electron chi connectivity index (χ0n) is 6.69. The van der Waals surface area contributed by atoms with E-state index in [4.69, 9.17) is 20.7 Å². The minimum absolute atomic E-state index is 0.362. The molecule has 0 spiro atoms. The Balaban J connectivity index is 3.05. The number of methoxy groups -OCH3 is 1. The Bertz CT molecular complexity index is 273. The van der Waals surface area contributed by atoms with Crippen LogP contribution in [0.4, 0.5) is 5.69 Å². The number of anilines is 1. The van der Waals surface area contributed by atoms with Gasteiger partial charge in [0.15, 0.2) is 6.29 Å². The third kappa shape index (κ3) is 1.66. The Morgan fingerprint density at radius 3 is 2.58 bits per heavy atom. The van der Waals surface area contributed by atoms with E-state index in [0.717, 1.165) is 0 Å². The lowest BCUT2D eigenvalue weighted by Gasteiger charge is -2.08. The maximum absolute atomic E-state index is 8.79. The monoisotopic (exact) mass is 169 g/mol. The number of hydrogen-bond acceptors (Lipinski definition) is 4. The summed E-state index contributed by atoms with van der Waals surface area (Å²) in [6.07, 6.45) is -1.49. The zero-order valence-corrected chi connectivity index (χ0v) is 6.69. The fourth-order valence-corrected chi connectivity index (χ4v) is 0.888. The summed E-state index contributed by atoms with van der Waals surface area (Å²) in [6.45, 7) is 0. The predicted octanol–water partition coefficient (Wildman–Crippen LogP) is 0.261. The third-order valence-corrected chi connectivity index (χ3v) is 1.56. The topological polar surface area (TPSA) is 75.7 Å². The summed E-state index contributed by atoms with van der Waals surface area (Å²) in [5.41, 5.74) is 6.35. The minimum Gasteiger partial charge on any atom is -0.495 e. The number of ether oxygens (including phenoxy) is 1. The van der Waals surface area contributed by atoms with Gasteiger partial charge < -0.3 is 20.7 Å². The second-order valence-electron chi connectivity index (χ2n) is 2.38. The highest BCUT2D eigenvalue weighted by atomic mass is 16.5. The van der Waals surface area contributed by atoms with Crippen molar-refractivity contribution in [3.05, 3.63) is 23.8 Å². The number of hydrogen-bond donors (Lipinski definition) is 3. The SMILES string of the molecule is COc1cc(C(O)O)ccc1N. The van der Waals surface area contributed by atoms with Crippen LogP contribution in [0.25, 0.3) is 0 Å². The predicted molar refractivity (Wildman–Crippen MR) is 44.6 cm³/mol. The van der Waals surface area contributed by atoms with Gasteiger partial charge in [-0.2, -0.15) is 0 Å². The lowest BCUT2D eigenvalue weighted by Crippen LogP contribution is -1.98. The summed E-state index contributed by atoms with van der Waals surface area (Å²) in [5.74, 6) is 0.445. The maximum atomic E-state index is 8.79. The summed E-state index contributed by atoms with van der Waals surface area (Å²) in [7, 11) is 1.47. The summed E-state index contributed by atoms with van der Waals surface area (Å²) in [6, 6.07) is 4.58. The van der Waals surface area contributed by atoms with Crippen LogP contribution in [0.15, 0.2) is 18.2 Å². The van der Waals surface area contributed by atoms with Crippen LogP contribution in [0.3, 0.4) is 0 Å². The molecule has 4 heteroatoms. The Labute approximate surface area is 70.2 Å². The van der Waals surface area contributed by atoms with E-state index in [1.165, 1.54) is 19.2 Å². The van der Waals surface area contributed by atoms with Crippen LogP contribution in [-0.2, 0) is 0 Å². The normalized spacial score (nSPS) is 10.3. The van der Waals surface area contributed by atoms with Crippen LogP contribution in [0.5, 0.6) is 5.75 Å². The van der Waals surface area contributed by atoms with Crippen LogP contribution >= 0.6 is 0 Å². The van der Waals surface area contributed by atoms with Crippen molar-refractivity contribution in [3.63, 3.8) is 0 Å². The molecule has 1 rings (SSSR count). The average molecular weight is 169 g/mol. The highest BCUT2D eigenvalue weighted by Gasteiger charge is 2.05. The fourth-order valence-electron chi connectivity index (χ4n) is 0.888. The van der Waals surface area contributed by atoms with Gasteiger partial charge in [-0.05, 0) is 12.1 Å². The number of rotatable bonds is 2. The molecule has 1 aromatic carbocycles. The molecule has 0 saturated heterocycles. The molecule has 1 aromatic rings. The molecule has 0 unspecified atom stereocenters. The summed E-state index contributed by atoms with van der Waals surface area (Å²) in [4.78, 5) is 0. The van der Waals surface area contributed by atoms with Crippen molar-refractivity contribution in [3.8, 4) is 5.75 Å².